The van der Waals surface area contributed by atoms with Crippen LogP contribution in [0.2, 0.25) is 0 Å². The molecule has 1 heterocycles. The van der Waals surface area contributed by atoms with Crippen molar-refractivity contribution in [2.45, 2.75) is 44.6 Å². The van der Waals surface area contributed by atoms with E-state index in [0.717, 1.165) is 19.4 Å². The Balaban J connectivity index is 1.93. The van der Waals surface area contributed by atoms with Crippen molar-refractivity contribution in [2.75, 3.05) is 32.8 Å². The maximum Gasteiger partial charge on any atom is 0.258 e. The van der Waals surface area contributed by atoms with E-state index in [4.69, 9.17) is 9.47 Å². The molecule has 0 aliphatic carbocycles. The zero-order valence-corrected chi connectivity index (χ0v) is 16.5. The predicted molar refractivity (Wildman–Crippen MR) is 98.8 cm³/mol. The van der Waals surface area contributed by atoms with Crippen LogP contribution in [0.25, 0.3) is 0 Å². The van der Waals surface area contributed by atoms with Crippen LogP contribution in [-0.4, -0.2) is 57.6 Å². The van der Waals surface area contributed by atoms with Gasteiger partial charge in [0.2, 0.25) is 10.0 Å². The molecule has 1 saturated heterocycles. The molecule has 0 bridgehead atoms. The van der Waals surface area contributed by atoms with Crippen molar-refractivity contribution in [2.24, 2.45) is 0 Å². The highest BCUT2D eigenvalue weighted by Gasteiger charge is 2.22. The Labute approximate surface area is 155 Å². The Bertz CT molecular complexity index is 710. The van der Waals surface area contributed by atoms with Gasteiger partial charge in [0.25, 0.3) is 5.91 Å². The standard InChI is InChI=1S/C18H28N2O5S/c1-4-20(5-2)26(22,23)16-8-9-17(14(3)11-16)25-13-18(21)19-12-15-7-6-10-24-15/h8-9,11,15H,4-7,10,12-13H2,1-3H3,(H,19,21)/t15-/m1/s1. The van der Waals surface area contributed by atoms with Crippen LogP contribution in [0.4, 0.5) is 0 Å². The van der Waals surface area contributed by atoms with Gasteiger partial charge in [-0.25, -0.2) is 8.42 Å². The van der Waals surface area contributed by atoms with Crippen molar-refractivity contribution in [1.82, 2.24) is 9.62 Å². The molecule has 0 unspecified atom stereocenters. The number of aryl methyl sites for hydroxylation is 1. The minimum Gasteiger partial charge on any atom is -0.484 e. The summed E-state index contributed by atoms with van der Waals surface area (Å²) in [5, 5.41) is 2.79. The number of nitrogens with zero attached hydrogens (tertiary/aromatic N) is 1. The number of carbonyl (C=O) groups is 1. The van der Waals surface area contributed by atoms with Crippen LogP contribution in [0.1, 0.15) is 32.3 Å². The Morgan fingerprint density at radius 3 is 2.65 bits per heavy atom. The largest absolute Gasteiger partial charge is 0.484 e. The molecule has 1 atom stereocenters. The van der Waals surface area contributed by atoms with Gasteiger partial charge < -0.3 is 14.8 Å². The normalized spacial score (nSPS) is 17.5. The summed E-state index contributed by atoms with van der Waals surface area (Å²) in [7, 11) is -3.51. The molecule has 8 heteroatoms. The Morgan fingerprint density at radius 2 is 2.08 bits per heavy atom. The zero-order chi connectivity index (χ0) is 19.2. The van der Waals surface area contributed by atoms with E-state index < -0.39 is 10.0 Å². The summed E-state index contributed by atoms with van der Waals surface area (Å²) in [6.45, 7) is 7.33. The van der Waals surface area contributed by atoms with Gasteiger partial charge in [0.15, 0.2) is 6.61 Å². The molecule has 26 heavy (non-hydrogen) atoms. The van der Waals surface area contributed by atoms with E-state index in [9.17, 15) is 13.2 Å². The average molecular weight is 384 g/mol. The fourth-order valence-corrected chi connectivity index (χ4v) is 4.43. The van der Waals surface area contributed by atoms with Crippen molar-refractivity contribution in [3.05, 3.63) is 23.8 Å². The van der Waals surface area contributed by atoms with Crippen LogP contribution in [0.15, 0.2) is 23.1 Å². The number of carbonyl (C=O) groups excluding carboxylic acids is 1. The summed E-state index contributed by atoms with van der Waals surface area (Å²) in [6.07, 6.45) is 2.08. The smallest absolute Gasteiger partial charge is 0.258 e. The van der Waals surface area contributed by atoms with Gasteiger partial charge in [-0.15, -0.1) is 0 Å². The number of ether oxygens (including phenoxy) is 2. The number of rotatable bonds is 9. The first kappa shape index (κ1) is 20.7. The van der Waals surface area contributed by atoms with Gasteiger partial charge in [0.1, 0.15) is 5.75 Å². The first-order valence-corrected chi connectivity index (χ1v) is 10.4. The molecule has 0 radical (unpaired) electrons. The van der Waals surface area contributed by atoms with Crippen LogP contribution < -0.4 is 10.1 Å². The minimum atomic E-state index is -3.51. The number of nitrogens with one attached hydrogen (secondary N) is 1. The number of hydrogen-bond donors (Lipinski definition) is 1. The number of amides is 1. The summed E-state index contributed by atoms with van der Waals surface area (Å²) in [5.41, 5.74) is 0.671. The second-order valence-electron chi connectivity index (χ2n) is 6.24. The first-order chi connectivity index (χ1) is 12.4. The molecular formula is C18H28N2O5S. The summed E-state index contributed by atoms with van der Waals surface area (Å²) < 4.78 is 37.5. The van der Waals surface area contributed by atoms with Gasteiger partial charge in [0, 0.05) is 26.2 Å². The van der Waals surface area contributed by atoms with Gasteiger partial charge in [-0.1, -0.05) is 13.8 Å². The lowest BCUT2D eigenvalue weighted by Crippen LogP contribution is -2.35. The van der Waals surface area contributed by atoms with E-state index in [0.29, 0.717) is 30.9 Å². The van der Waals surface area contributed by atoms with Crippen LogP contribution in [0.3, 0.4) is 0 Å². The third-order valence-electron chi connectivity index (χ3n) is 4.40. The van der Waals surface area contributed by atoms with Gasteiger partial charge in [-0.2, -0.15) is 4.31 Å². The molecule has 0 spiro atoms. The zero-order valence-electron chi connectivity index (χ0n) is 15.7. The molecule has 1 aliphatic rings. The Hall–Kier alpha value is -1.64. The van der Waals surface area contributed by atoms with Gasteiger partial charge in [-0.05, 0) is 43.5 Å². The van der Waals surface area contributed by atoms with E-state index in [2.05, 4.69) is 5.32 Å². The highest BCUT2D eigenvalue weighted by molar-refractivity contribution is 7.89. The lowest BCUT2D eigenvalue weighted by atomic mass is 10.2. The van der Waals surface area contributed by atoms with E-state index in [1.165, 1.54) is 10.4 Å². The predicted octanol–water partition coefficient (Wildman–Crippen LogP) is 1.70. The topological polar surface area (TPSA) is 84.9 Å². The second-order valence-corrected chi connectivity index (χ2v) is 8.18. The molecule has 1 aromatic rings. The molecule has 1 N–H and O–H groups in total. The maximum absolute atomic E-state index is 12.5. The van der Waals surface area contributed by atoms with Crippen molar-refractivity contribution >= 4 is 15.9 Å². The van der Waals surface area contributed by atoms with Gasteiger partial charge >= 0.3 is 0 Å². The fourth-order valence-electron chi connectivity index (χ4n) is 2.88. The van der Waals surface area contributed by atoms with Crippen molar-refractivity contribution in [1.29, 1.82) is 0 Å². The number of hydrogen-bond acceptors (Lipinski definition) is 5. The van der Waals surface area contributed by atoms with Crippen molar-refractivity contribution in [3.63, 3.8) is 0 Å². The lowest BCUT2D eigenvalue weighted by Gasteiger charge is -2.19. The monoisotopic (exact) mass is 384 g/mol. The summed E-state index contributed by atoms with van der Waals surface area (Å²) in [4.78, 5) is 12.1. The van der Waals surface area contributed by atoms with Crippen LogP contribution in [0.5, 0.6) is 5.75 Å². The van der Waals surface area contributed by atoms with Crippen LogP contribution >= 0.6 is 0 Å². The SMILES string of the molecule is CCN(CC)S(=O)(=O)c1ccc(OCC(=O)NC[C@H]2CCCO2)c(C)c1. The molecule has 7 nitrogen and oxygen atoms in total. The lowest BCUT2D eigenvalue weighted by molar-refractivity contribution is -0.123. The van der Waals surface area contributed by atoms with E-state index in [1.54, 1.807) is 32.9 Å². The summed E-state index contributed by atoms with van der Waals surface area (Å²) in [5.74, 6) is 0.274. The van der Waals surface area contributed by atoms with Gasteiger partial charge in [0.05, 0.1) is 11.0 Å². The summed E-state index contributed by atoms with van der Waals surface area (Å²) >= 11 is 0. The average Bonchev–Trinajstić information content (AvgIpc) is 3.13. The minimum absolute atomic E-state index is 0.0882. The molecule has 1 fully saturated rings. The highest BCUT2D eigenvalue weighted by atomic mass is 32.2. The Kier molecular flexibility index (Phi) is 7.43. The molecule has 1 amide bonds. The molecule has 146 valence electrons. The third-order valence-corrected chi connectivity index (χ3v) is 6.45. The van der Waals surface area contributed by atoms with Gasteiger partial charge in [-0.3, -0.25) is 4.79 Å². The van der Waals surface area contributed by atoms with Crippen LogP contribution in [0, 0.1) is 6.92 Å². The van der Waals surface area contributed by atoms with E-state index in [1.807, 2.05) is 0 Å². The van der Waals surface area contributed by atoms with Crippen LogP contribution in [-0.2, 0) is 19.6 Å². The van der Waals surface area contributed by atoms with E-state index >= 15 is 0 Å². The van der Waals surface area contributed by atoms with E-state index in [-0.39, 0.29) is 23.5 Å². The molecule has 1 aliphatic heterocycles. The quantitative estimate of drug-likeness (QED) is 0.700. The molecule has 1 aromatic carbocycles. The van der Waals surface area contributed by atoms with Crippen molar-refractivity contribution in [3.8, 4) is 5.75 Å². The second kappa shape index (κ2) is 9.34. The highest BCUT2D eigenvalue weighted by Crippen LogP contribution is 2.24. The van der Waals surface area contributed by atoms with Crippen molar-refractivity contribution < 1.29 is 22.7 Å². The Morgan fingerprint density at radius 1 is 1.35 bits per heavy atom. The molecule has 2 rings (SSSR count). The molecular weight excluding hydrogens is 356 g/mol. The first-order valence-electron chi connectivity index (χ1n) is 9.00. The third kappa shape index (κ3) is 5.18. The number of benzene rings is 1. The molecule has 0 aromatic heterocycles. The maximum atomic E-state index is 12.5. The molecule has 0 saturated carbocycles. The number of sulfonamides is 1. The summed E-state index contributed by atoms with van der Waals surface area (Å²) in [6, 6.07) is 4.69. The fraction of sp³-hybridized carbons (Fsp3) is 0.611.